The number of carbonyl (C=O) groups excluding carboxylic acids is 2. The number of carbonyl (C=O) groups is 2. The number of amides is 2. The number of nitrogen functional groups attached to an aromatic ring is 2. The van der Waals surface area contributed by atoms with E-state index in [1.807, 2.05) is 9.80 Å². The molecule has 294 valence electrons. The van der Waals surface area contributed by atoms with Gasteiger partial charge in [0.25, 0.3) is 11.8 Å². The molecule has 0 saturated carbocycles. The van der Waals surface area contributed by atoms with E-state index in [4.69, 9.17) is 49.9 Å². The van der Waals surface area contributed by atoms with Crippen molar-refractivity contribution in [2.75, 3.05) is 116 Å². The van der Waals surface area contributed by atoms with Crippen LogP contribution in [0.1, 0.15) is 20.7 Å². The van der Waals surface area contributed by atoms with Crippen LogP contribution in [0.4, 0.5) is 23.5 Å². The van der Waals surface area contributed by atoms with Gasteiger partial charge in [-0.15, -0.1) is 0 Å². The van der Waals surface area contributed by atoms with E-state index in [2.05, 4.69) is 9.97 Å². The summed E-state index contributed by atoms with van der Waals surface area (Å²) in [5.74, 6) is 3.50. The molecule has 5 aromatic rings. The predicted molar refractivity (Wildman–Crippen MR) is 210 cm³/mol. The fourth-order valence-corrected chi connectivity index (χ4v) is 7.08. The standard InChI is InChI=1S/C38H44N10O8/c1-51-27-17-23-25(19-29(27)53-3)41-37(43-33(23)39)47-13-9-45(10-14-47)35(49)21-7-8-22(32(56-6)31(21)55-5)36(50)46-11-15-48(16-12-46)38-42-26-20-30(54-4)28(52-2)18-24(26)34(40)44-38/h7-8,17-20H,9-16H2,1-6H3,(H2,39,41,43)(H2,40,42,44). The first kappa shape index (κ1) is 37.6. The van der Waals surface area contributed by atoms with Crippen molar-refractivity contribution >= 4 is 57.2 Å². The third kappa shape index (κ3) is 6.77. The lowest BCUT2D eigenvalue weighted by Crippen LogP contribution is -2.49. The molecule has 0 aliphatic carbocycles. The average molecular weight is 769 g/mol. The molecule has 0 radical (unpaired) electrons. The molecule has 4 heterocycles. The first-order chi connectivity index (χ1) is 27.1. The van der Waals surface area contributed by atoms with Crippen LogP contribution in [0.2, 0.25) is 0 Å². The molecule has 18 heteroatoms. The molecule has 56 heavy (non-hydrogen) atoms. The van der Waals surface area contributed by atoms with Crippen molar-refractivity contribution in [2.24, 2.45) is 0 Å². The molecule has 2 aromatic heterocycles. The largest absolute Gasteiger partial charge is 0.493 e. The van der Waals surface area contributed by atoms with Gasteiger partial charge in [-0.2, -0.15) is 9.97 Å². The van der Waals surface area contributed by atoms with Crippen LogP contribution in [0.5, 0.6) is 34.5 Å². The monoisotopic (exact) mass is 768 g/mol. The van der Waals surface area contributed by atoms with E-state index in [-0.39, 0.29) is 34.4 Å². The van der Waals surface area contributed by atoms with Crippen LogP contribution >= 0.6 is 0 Å². The summed E-state index contributed by atoms with van der Waals surface area (Å²) in [5, 5.41) is 1.30. The molecule has 2 fully saturated rings. The van der Waals surface area contributed by atoms with Crippen molar-refractivity contribution in [1.29, 1.82) is 0 Å². The number of aromatic nitrogens is 4. The van der Waals surface area contributed by atoms with Gasteiger partial charge in [0.05, 0.1) is 64.8 Å². The van der Waals surface area contributed by atoms with Crippen molar-refractivity contribution in [1.82, 2.24) is 29.7 Å². The molecule has 0 unspecified atom stereocenters. The number of rotatable bonds is 10. The van der Waals surface area contributed by atoms with Gasteiger partial charge in [-0.1, -0.05) is 0 Å². The lowest BCUT2D eigenvalue weighted by atomic mass is 10.0. The van der Waals surface area contributed by atoms with Crippen molar-refractivity contribution in [3.63, 3.8) is 0 Å². The molecule has 0 bridgehead atoms. The molecule has 0 spiro atoms. The SMILES string of the molecule is COc1cc2nc(N3CCN(C(=O)c4ccc(C(=O)N5CCN(c6nc(N)c7cc(OC)c(OC)cc7n6)CC5)c(OC)c4OC)CC3)nc(N)c2cc1OC. The van der Waals surface area contributed by atoms with E-state index in [0.29, 0.717) is 121 Å². The second-order valence-electron chi connectivity index (χ2n) is 13.1. The first-order valence-corrected chi connectivity index (χ1v) is 17.8. The van der Waals surface area contributed by atoms with E-state index in [9.17, 15) is 9.59 Å². The van der Waals surface area contributed by atoms with E-state index >= 15 is 0 Å². The van der Waals surface area contributed by atoms with Crippen molar-refractivity contribution in [3.05, 3.63) is 47.5 Å². The van der Waals surface area contributed by atoms with Gasteiger partial charge in [-0.25, -0.2) is 9.97 Å². The Morgan fingerprint density at radius 2 is 0.839 bits per heavy atom. The fraction of sp³-hybridized carbons (Fsp3) is 0.368. The van der Waals surface area contributed by atoms with Crippen LogP contribution in [-0.4, -0.2) is 137 Å². The van der Waals surface area contributed by atoms with Crippen LogP contribution in [0.25, 0.3) is 21.8 Å². The van der Waals surface area contributed by atoms with Crippen LogP contribution in [0.3, 0.4) is 0 Å². The van der Waals surface area contributed by atoms with E-state index in [1.165, 1.54) is 14.2 Å². The molecule has 2 saturated heterocycles. The van der Waals surface area contributed by atoms with E-state index < -0.39 is 0 Å². The highest BCUT2D eigenvalue weighted by Crippen LogP contribution is 2.38. The van der Waals surface area contributed by atoms with Gasteiger partial charge in [0, 0.05) is 75.3 Å². The zero-order chi connectivity index (χ0) is 39.7. The van der Waals surface area contributed by atoms with Gasteiger partial charge in [0.1, 0.15) is 11.6 Å². The molecule has 0 atom stereocenters. The molecule has 2 aliphatic heterocycles. The topological polar surface area (TPSA) is 206 Å². The molecule has 18 nitrogen and oxygen atoms in total. The van der Waals surface area contributed by atoms with Gasteiger partial charge in [-0.05, 0) is 24.3 Å². The van der Waals surface area contributed by atoms with Gasteiger partial charge in [-0.3, -0.25) is 9.59 Å². The Balaban J connectivity index is 1.03. The number of anilines is 4. The van der Waals surface area contributed by atoms with Gasteiger partial charge in [0.15, 0.2) is 34.5 Å². The molecule has 4 N–H and O–H groups in total. The van der Waals surface area contributed by atoms with E-state index in [1.54, 1.807) is 74.6 Å². The number of methoxy groups -OCH3 is 6. The summed E-state index contributed by atoms with van der Waals surface area (Å²) in [6.45, 7) is 3.40. The van der Waals surface area contributed by atoms with Gasteiger partial charge >= 0.3 is 0 Å². The quantitative estimate of drug-likeness (QED) is 0.210. The maximum absolute atomic E-state index is 13.9. The second-order valence-corrected chi connectivity index (χ2v) is 13.1. The molecule has 2 aliphatic rings. The summed E-state index contributed by atoms with van der Waals surface area (Å²) in [6.07, 6.45) is 0. The number of benzene rings is 3. The maximum Gasteiger partial charge on any atom is 0.257 e. The molecular weight excluding hydrogens is 724 g/mol. The Labute approximate surface area is 322 Å². The molecular formula is C38H44N10O8. The van der Waals surface area contributed by atoms with E-state index in [0.717, 1.165) is 0 Å². The van der Waals surface area contributed by atoms with Crippen molar-refractivity contribution in [3.8, 4) is 34.5 Å². The predicted octanol–water partition coefficient (Wildman–Crippen LogP) is 2.71. The number of hydrogen-bond donors (Lipinski definition) is 2. The minimum absolute atomic E-state index is 0.187. The zero-order valence-corrected chi connectivity index (χ0v) is 32.1. The normalized spacial score (nSPS) is 14.5. The highest BCUT2D eigenvalue weighted by molar-refractivity contribution is 6.03. The highest BCUT2D eigenvalue weighted by Gasteiger charge is 2.32. The Bertz CT molecular complexity index is 2150. The Kier molecular flexibility index (Phi) is 10.4. The lowest BCUT2D eigenvalue weighted by molar-refractivity contribution is 0.0727. The third-order valence-electron chi connectivity index (χ3n) is 10.1. The van der Waals surface area contributed by atoms with Crippen LogP contribution in [0.15, 0.2) is 36.4 Å². The maximum atomic E-state index is 13.9. The Morgan fingerprint density at radius 1 is 0.500 bits per heavy atom. The summed E-state index contributed by atoms with van der Waals surface area (Å²) in [6, 6.07) is 10.3. The Hall–Kier alpha value is -6.72. The highest BCUT2D eigenvalue weighted by atomic mass is 16.5. The summed E-state index contributed by atoms with van der Waals surface area (Å²) >= 11 is 0. The minimum Gasteiger partial charge on any atom is -0.493 e. The average Bonchev–Trinajstić information content (AvgIpc) is 3.24. The Morgan fingerprint density at radius 3 is 1.16 bits per heavy atom. The smallest absolute Gasteiger partial charge is 0.257 e. The summed E-state index contributed by atoms with van der Waals surface area (Å²) in [7, 11) is 9.12. The summed E-state index contributed by atoms with van der Waals surface area (Å²) in [4.78, 5) is 53.8. The third-order valence-corrected chi connectivity index (χ3v) is 10.1. The number of nitrogens with zero attached hydrogens (tertiary/aromatic N) is 8. The number of fused-ring (bicyclic) bond motifs is 2. The van der Waals surface area contributed by atoms with Crippen molar-refractivity contribution in [2.45, 2.75) is 0 Å². The molecule has 3 aromatic carbocycles. The minimum atomic E-state index is -0.256. The van der Waals surface area contributed by atoms with Crippen LogP contribution < -0.4 is 49.7 Å². The number of nitrogens with two attached hydrogens (primary N) is 2. The zero-order valence-electron chi connectivity index (χ0n) is 32.1. The number of piperazine rings is 2. The fourth-order valence-electron chi connectivity index (χ4n) is 7.08. The van der Waals surface area contributed by atoms with Crippen LogP contribution in [0, 0.1) is 0 Å². The summed E-state index contributed by atoms with van der Waals surface area (Å²) < 4.78 is 33.1. The lowest BCUT2D eigenvalue weighted by Gasteiger charge is -2.36. The first-order valence-electron chi connectivity index (χ1n) is 17.8. The number of ether oxygens (including phenoxy) is 6. The summed E-state index contributed by atoms with van der Waals surface area (Å²) in [5.41, 5.74) is 14.5. The van der Waals surface area contributed by atoms with Crippen LogP contribution in [-0.2, 0) is 0 Å². The number of hydrogen-bond acceptors (Lipinski definition) is 16. The molecule has 7 rings (SSSR count). The second kappa shape index (κ2) is 15.6. The van der Waals surface area contributed by atoms with Crippen molar-refractivity contribution < 1.29 is 38.0 Å². The van der Waals surface area contributed by atoms with Gasteiger partial charge in [0.2, 0.25) is 11.9 Å². The van der Waals surface area contributed by atoms with Gasteiger partial charge < -0.3 is 59.5 Å². The molecule has 2 amide bonds.